The number of aromatic nitrogens is 3. The van der Waals surface area contributed by atoms with E-state index in [-0.39, 0.29) is 17.3 Å². The summed E-state index contributed by atoms with van der Waals surface area (Å²) in [6, 6.07) is 11.3. The summed E-state index contributed by atoms with van der Waals surface area (Å²) in [5.74, 6) is -0.244. The fraction of sp³-hybridized carbons (Fsp3) is 0.304. The first-order valence-electron chi connectivity index (χ1n) is 10.5. The lowest BCUT2D eigenvalue weighted by atomic mass is 10.1. The number of anilines is 1. The number of alkyl halides is 3. The van der Waals surface area contributed by atoms with Gasteiger partial charge in [-0.2, -0.15) is 13.2 Å². The molecule has 3 rings (SSSR count). The Hall–Kier alpha value is -3.34. The quantitative estimate of drug-likeness (QED) is 0.440. The lowest BCUT2D eigenvalue weighted by Gasteiger charge is -2.16. The van der Waals surface area contributed by atoms with E-state index in [1.807, 2.05) is 26.0 Å². The molecule has 0 saturated heterocycles. The summed E-state index contributed by atoms with van der Waals surface area (Å²) in [5.41, 5.74) is 0.644. The molecule has 2 aromatic carbocycles. The normalized spacial score (nSPS) is 12.3. The van der Waals surface area contributed by atoms with Crippen molar-refractivity contribution in [1.82, 2.24) is 20.1 Å². The predicted molar refractivity (Wildman–Crippen MR) is 124 cm³/mol. The first-order chi connectivity index (χ1) is 16.1. The van der Waals surface area contributed by atoms with Gasteiger partial charge in [-0.1, -0.05) is 36.0 Å². The highest BCUT2D eigenvalue weighted by Gasteiger charge is 2.30. The lowest BCUT2D eigenvalue weighted by molar-refractivity contribution is -0.137. The number of thioether (sulfide) groups is 1. The van der Waals surface area contributed by atoms with Crippen molar-refractivity contribution in [3.63, 3.8) is 0 Å². The van der Waals surface area contributed by atoms with Crippen LogP contribution < -0.4 is 10.6 Å². The highest BCUT2D eigenvalue weighted by Crippen LogP contribution is 2.30. The molecule has 0 spiro atoms. The van der Waals surface area contributed by atoms with Gasteiger partial charge in [-0.25, -0.2) is 0 Å². The smallest absolute Gasteiger partial charge is 0.342 e. The van der Waals surface area contributed by atoms with E-state index in [0.717, 1.165) is 29.5 Å². The number of hydrogen-bond acceptors (Lipinski definition) is 5. The molecular weight excluding hydrogens is 467 g/mol. The molecule has 180 valence electrons. The summed E-state index contributed by atoms with van der Waals surface area (Å²) in [6.45, 7) is 6.04. The fourth-order valence-corrected chi connectivity index (χ4v) is 4.10. The highest BCUT2D eigenvalue weighted by atomic mass is 32.2. The van der Waals surface area contributed by atoms with Crippen molar-refractivity contribution in [2.24, 2.45) is 0 Å². The van der Waals surface area contributed by atoms with Crippen LogP contribution in [-0.2, 0) is 17.5 Å². The summed E-state index contributed by atoms with van der Waals surface area (Å²) in [7, 11) is 0. The molecule has 0 unspecified atom stereocenters. The van der Waals surface area contributed by atoms with Gasteiger partial charge in [0.1, 0.15) is 0 Å². The maximum atomic E-state index is 12.9. The molecule has 1 heterocycles. The number of hydrogen-bond donors (Lipinski definition) is 2. The molecule has 0 aliphatic heterocycles. The second kappa shape index (κ2) is 10.7. The maximum Gasteiger partial charge on any atom is 0.416 e. The fourth-order valence-electron chi connectivity index (χ4n) is 3.29. The number of aryl methyl sites for hydroxylation is 1. The molecule has 1 atom stereocenters. The molecule has 3 aromatic rings. The molecule has 0 fully saturated rings. The third kappa shape index (κ3) is 6.16. The van der Waals surface area contributed by atoms with Gasteiger partial charge in [-0.05, 0) is 50.6 Å². The number of nitrogens with zero attached hydrogens (tertiary/aromatic N) is 3. The molecule has 7 nitrogen and oxygen atoms in total. The van der Waals surface area contributed by atoms with E-state index in [9.17, 15) is 22.8 Å². The number of halogens is 3. The summed E-state index contributed by atoms with van der Waals surface area (Å²) in [4.78, 5) is 24.9. The summed E-state index contributed by atoms with van der Waals surface area (Å²) < 4.78 is 40.4. The molecule has 0 aliphatic carbocycles. The molecule has 0 saturated carbocycles. The third-order valence-electron chi connectivity index (χ3n) is 4.99. The van der Waals surface area contributed by atoms with Crippen LogP contribution in [0.15, 0.2) is 53.7 Å². The van der Waals surface area contributed by atoms with E-state index in [4.69, 9.17) is 0 Å². The first-order valence-corrected chi connectivity index (χ1v) is 11.5. The van der Waals surface area contributed by atoms with Gasteiger partial charge in [0.15, 0.2) is 11.0 Å². The Morgan fingerprint density at radius 3 is 2.53 bits per heavy atom. The van der Waals surface area contributed by atoms with Gasteiger partial charge in [0.25, 0.3) is 5.91 Å². The Kier molecular flexibility index (Phi) is 7.98. The van der Waals surface area contributed by atoms with Crippen LogP contribution in [-0.4, -0.2) is 32.3 Å². The van der Waals surface area contributed by atoms with Crippen molar-refractivity contribution >= 4 is 29.3 Å². The lowest BCUT2D eigenvalue weighted by Crippen LogP contribution is -2.29. The minimum Gasteiger partial charge on any atom is -0.342 e. The van der Waals surface area contributed by atoms with Crippen LogP contribution in [0.25, 0.3) is 0 Å². The van der Waals surface area contributed by atoms with Gasteiger partial charge in [0.05, 0.1) is 17.4 Å². The van der Waals surface area contributed by atoms with Crippen molar-refractivity contribution in [1.29, 1.82) is 0 Å². The average Bonchev–Trinajstić information content (AvgIpc) is 3.20. The second-order valence-corrected chi connectivity index (χ2v) is 8.45. The summed E-state index contributed by atoms with van der Waals surface area (Å²) >= 11 is 1.11. The van der Waals surface area contributed by atoms with E-state index in [0.29, 0.717) is 23.1 Å². The van der Waals surface area contributed by atoms with E-state index in [1.165, 1.54) is 12.1 Å². The number of benzene rings is 2. The van der Waals surface area contributed by atoms with Gasteiger partial charge in [0, 0.05) is 17.8 Å². The minimum absolute atomic E-state index is 0.0608. The highest BCUT2D eigenvalue weighted by molar-refractivity contribution is 7.99. The number of rotatable bonds is 8. The van der Waals surface area contributed by atoms with Crippen LogP contribution in [0.5, 0.6) is 0 Å². The zero-order valence-electron chi connectivity index (χ0n) is 18.8. The van der Waals surface area contributed by atoms with Crippen LogP contribution in [0, 0.1) is 6.92 Å². The largest absolute Gasteiger partial charge is 0.416 e. The minimum atomic E-state index is -4.49. The maximum absolute atomic E-state index is 12.9. The Labute approximate surface area is 199 Å². The SMILES string of the molecule is CCn1c(SCC(=O)Nc2cccc(C(F)(F)F)c2)nnc1[C@@H](C)NC(=O)c1ccccc1C. The van der Waals surface area contributed by atoms with Gasteiger partial charge < -0.3 is 15.2 Å². The first kappa shape index (κ1) is 25.3. The van der Waals surface area contributed by atoms with Crippen LogP contribution in [0.2, 0.25) is 0 Å². The van der Waals surface area contributed by atoms with Gasteiger partial charge in [-0.15, -0.1) is 10.2 Å². The predicted octanol–water partition coefficient (Wildman–Crippen LogP) is 4.85. The van der Waals surface area contributed by atoms with E-state index in [2.05, 4.69) is 20.8 Å². The topological polar surface area (TPSA) is 88.9 Å². The molecule has 2 amide bonds. The van der Waals surface area contributed by atoms with E-state index < -0.39 is 23.7 Å². The zero-order chi connectivity index (χ0) is 24.9. The number of amides is 2. The summed E-state index contributed by atoms with van der Waals surface area (Å²) in [5, 5.41) is 14.2. The van der Waals surface area contributed by atoms with Gasteiger partial charge in [0.2, 0.25) is 5.91 Å². The van der Waals surface area contributed by atoms with Crippen LogP contribution >= 0.6 is 11.8 Å². The number of carbonyl (C=O) groups is 2. The Morgan fingerprint density at radius 2 is 1.85 bits per heavy atom. The Balaban J connectivity index is 1.63. The van der Waals surface area contributed by atoms with Crippen LogP contribution in [0.1, 0.15) is 47.2 Å². The van der Waals surface area contributed by atoms with Crippen molar-refractivity contribution in [3.05, 3.63) is 71.0 Å². The average molecular weight is 492 g/mol. The molecule has 2 N–H and O–H groups in total. The van der Waals surface area contributed by atoms with Crippen molar-refractivity contribution in [2.75, 3.05) is 11.1 Å². The molecular formula is C23H24F3N5O2S. The molecule has 0 aliphatic rings. The zero-order valence-corrected chi connectivity index (χ0v) is 19.6. The van der Waals surface area contributed by atoms with Crippen molar-refractivity contribution in [3.8, 4) is 0 Å². The second-order valence-electron chi connectivity index (χ2n) is 7.51. The van der Waals surface area contributed by atoms with Gasteiger partial charge >= 0.3 is 6.18 Å². The molecule has 34 heavy (non-hydrogen) atoms. The monoisotopic (exact) mass is 491 g/mol. The van der Waals surface area contributed by atoms with Crippen molar-refractivity contribution < 1.29 is 22.8 Å². The molecule has 11 heteroatoms. The van der Waals surface area contributed by atoms with Crippen molar-refractivity contribution in [2.45, 2.75) is 44.7 Å². The molecule has 1 aromatic heterocycles. The Bertz CT molecular complexity index is 1180. The number of carbonyl (C=O) groups excluding carboxylic acids is 2. The summed E-state index contributed by atoms with van der Waals surface area (Å²) in [6.07, 6.45) is -4.49. The molecule has 0 radical (unpaired) electrons. The van der Waals surface area contributed by atoms with Crippen LogP contribution in [0.3, 0.4) is 0 Å². The van der Waals surface area contributed by atoms with Crippen LogP contribution in [0.4, 0.5) is 18.9 Å². The molecule has 0 bridgehead atoms. The Morgan fingerprint density at radius 1 is 1.12 bits per heavy atom. The standard InChI is InChI=1S/C23H24F3N5O2S/c1-4-31-20(15(3)27-21(33)18-11-6-5-8-14(18)2)29-30-22(31)34-13-19(32)28-17-10-7-9-16(12-17)23(24,25)26/h5-12,15H,4,13H2,1-3H3,(H,27,33)(H,28,32)/t15-/m1/s1. The third-order valence-corrected chi connectivity index (χ3v) is 5.96. The van der Waals surface area contributed by atoms with Gasteiger partial charge in [-0.3, -0.25) is 9.59 Å². The van der Waals surface area contributed by atoms with E-state index >= 15 is 0 Å². The van der Waals surface area contributed by atoms with E-state index in [1.54, 1.807) is 23.6 Å². The number of nitrogens with one attached hydrogen (secondary N) is 2.